The van der Waals surface area contributed by atoms with E-state index in [-0.39, 0.29) is 31.5 Å². The molecule has 1 unspecified atom stereocenters. The maximum Gasteiger partial charge on any atom is 0.332 e. The molecular weight excluding hydrogens is 437 g/mol. The molecule has 7 heteroatoms. The minimum absolute atomic E-state index is 0.128. The number of carbonyl (C=O) groups is 2. The summed E-state index contributed by atoms with van der Waals surface area (Å²) in [5.74, 6) is -0.290. The normalized spacial score (nSPS) is 20.0. The summed E-state index contributed by atoms with van der Waals surface area (Å²) in [6.07, 6.45) is 3.73. The number of benzene rings is 2. The van der Waals surface area contributed by atoms with Crippen molar-refractivity contribution in [3.05, 3.63) is 62.6 Å². The lowest BCUT2D eigenvalue weighted by Gasteiger charge is -2.30. The Balaban J connectivity index is 1.66. The van der Waals surface area contributed by atoms with Crippen LogP contribution < -0.4 is 10.1 Å². The van der Waals surface area contributed by atoms with Crippen LogP contribution in [0.1, 0.15) is 53.2 Å². The third-order valence-electron chi connectivity index (χ3n) is 6.08. The highest BCUT2D eigenvalue weighted by Gasteiger charge is 2.48. The Labute approximate surface area is 192 Å². The van der Waals surface area contributed by atoms with Crippen molar-refractivity contribution < 1.29 is 19.1 Å². The predicted octanol–water partition coefficient (Wildman–Crippen LogP) is 5.06. The molecular formula is C24H25Cl2NO4. The van der Waals surface area contributed by atoms with Crippen LogP contribution >= 0.6 is 23.2 Å². The number of nitrogens with one attached hydrogen (secondary N) is 1. The van der Waals surface area contributed by atoms with E-state index in [1.807, 2.05) is 25.1 Å². The highest BCUT2D eigenvalue weighted by molar-refractivity contribution is 6.42. The van der Waals surface area contributed by atoms with Gasteiger partial charge in [0.1, 0.15) is 11.3 Å². The van der Waals surface area contributed by atoms with Gasteiger partial charge in [-0.25, -0.2) is 4.79 Å². The number of para-hydroxylation sites is 1. The number of fused-ring (bicyclic) bond motifs is 1. The molecule has 0 aliphatic heterocycles. The second kappa shape index (κ2) is 8.71. The van der Waals surface area contributed by atoms with Gasteiger partial charge in [0.25, 0.3) is 5.91 Å². The summed E-state index contributed by atoms with van der Waals surface area (Å²) in [6.45, 7) is 3.87. The van der Waals surface area contributed by atoms with Gasteiger partial charge in [-0.2, -0.15) is 0 Å². The van der Waals surface area contributed by atoms with Gasteiger partial charge < -0.3 is 14.8 Å². The standard InChI is InChI=1S/C24H25Cl2NO4/c1-3-30-23(29)24(12-15-10-11-19(25)20(26)18(15)13-24)27-22(28)17-9-4-6-14(2)21(17)31-16-7-5-8-16/h4,6,9-11,16H,3,5,7-8,12-13H2,1-2H3,(H,27,28). The molecule has 0 spiro atoms. The number of aryl methyl sites for hydroxylation is 1. The Morgan fingerprint density at radius 3 is 2.61 bits per heavy atom. The molecule has 4 rings (SSSR count). The van der Waals surface area contributed by atoms with Crippen molar-refractivity contribution in [2.75, 3.05) is 6.61 Å². The number of halogens is 2. The molecule has 0 aromatic heterocycles. The highest BCUT2D eigenvalue weighted by atomic mass is 35.5. The summed E-state index contributed by atoms with van der Waals surface area (Å²) >= 11 is 12.6. The molecule has 1 N–H and O–H groups in total. The second-order valence-electron chi connectivity index (χ2n) is 8.23. The van der Waals surface area contributed by atoms with Crippen LogP contribution in [0.15, 0.2) is 30.3 Å². The average molecular weight is 462 g/mol. The number of ether oxygens (including phenoxy) is 2. The van der Waals surface area contributed by atoms with E-state index >= 15 is 0 Å². The SMILES string of the molecule is CCOC(=O)C1(NC(=O)c2cccc(C)c2OC2CCC2)Cc2ccc(Cl)c(Cl)c2C1. The lowest BCUT2D eigenvalue weighted by molar-refractivity contribution is -0.150. The van der Waals surface area contributed by atoms with Gasteiger partial charge in [-0.15, -0.1) is 0 Å². The minimum Gasteiger partial charge on any atom is -0.489 e. The Morgan fingerprint density at radius 1 is 1.16 bits per heavy atom. The molecule has 5 nitrogen and oxygen atoms in total. The Bertz CT molecular complexity index is 1030. The number of rotatable bonds is 6. The largest absolute Gasteiger partial charge is 0.489 e. The molecule has 1 amide bonds. The van der Waals surface area contributed by atoms with E-state index in [1.165, 1.54) is 0 Å². The molecule has 1 atom stereocenters. The van der Waals surface area contributed by atoms with Gasteiger partial charge in [-0.05, 0) is 61.9 Å². The first-order valence-electron chi connectivity index (χ1n) is 10.6. The molecule has 1 saturated carbocycles. The van der Waals surface area contributed by atoms with Gasteiger partial charge in [0, 0.05) is 12.8 Å². The number of amides is 1. The van der Waals surface area contributed by atoms with Crippen LogP contribution in [0.3, 0.4) is 0 Å². The summed E-state index contributed by atoms with van der Waals surface area (Å²) in [7, 11) is 0. The van der Waals surface area contributed by atoms with E-state index < -0.39 is 11.5 Å². The van der Waals surface area contributed by atoms with Gasteiger partial charge in [-0.1, -0.05) is 41.4 Å². The van der Waals surface area contributed by atoms with Crippen LogP contribution in [0.2, 0.25) is 10.0 Å². The zero-order valence-corrected chi connectivity index (χ0v) is 19.1. The molecule has 31 heavy (non-hydrogen) atoms. The van der Waals surface area contributed by atoms with Gasteiger partial charge in [-0.3, -0.25) is 4.79 Å². The average Bonchev–Trinajstić information content (AvgIpc) is 3.09. The molecule has 2 aliphatic rings. The van der Waals surface area contributed by atoms with Gasteiger partial charge >= 0.3 is 5.97 Å². The van der Waals surface area contributed by atoms with Crippen LogP contribution in [0.25, 0.3) is 0 Å². The van der Waals surface area contributed by atoms with Crippen molar-refractivity contribution in [1.29, 1.82) is 0 Å². The Morgan fingerprint density at radius 2 is 1.94 bits per heavy atom. The lowest BCUT2D eigenvalue weighted by atomic mass is 9.94. The zero-order chi connectivity index (χ0) is 22.2. The molecule has 0 radical (unpaired) electrons. The van der Waals surface area contributed by atoms with Crippen molar-refractivity contribution in [3.63, 3.8) is 0 Å². The topological polar surface area (TPSA) is 64.6 Å². The number of hydrogen-bond acceptors (Lipinski definition) is 4. The third kappa shape index (κ3) is 4.13. The van der Waals surface area contributed by atoms with E-state index in [0.717, 1.165) is 36.0 Å². The fourth-order valence-corrected chi connectivity index (χ4v) is 4.59. The molecule has 0 saturated heterocycles. The van der Waals surface area contributed by atoms with Crippen LogP contribution in [-0.2, 0) is 22.4 Å². The summed E-state index contributed by atoms with van der Waals surface area (Å²) in [4.78, 5) is 26.5. The molecule has 2 aromatic carbocycles. The molecule has 2 aliphatic carbocycles. The molecule has 2 aromatic rings. The number of esters is 1. The summed E-state index contributed by atoms with van der Waals surface area (Å²) in [6, 6.07) is 9.00. The minimum atomic E-state index is -1.25. The quantitative estimate of drug-likeness (QED) is 0.610. The van der Waals surface area contributed by atoms with Gasteiger partial charge in [0.15, 0.2) is 0 Å². The molecule has 164 valence electrons. The Hall–Kier alpha value is -2.24. The van der Waals surface area contributed by atoms with Crippen LogP contribution in [0, 0.1) is 6.92 Å². The first-order chi connectivity index (χ1) is 14.8. The first kappa shape index (κ1) is 22.0. The van der Waals surface area contributed by atoms with Crippen molar-refractivity contribution in [2.45, 2.75) is 57.6 Å². The summed E-state index contributed by atoms with van der Waals surface area (Å²) < 4.78 is 11.5. The first-order valence-corrected chi connectivity index (χ1v) is 11.3. The summed E-state index contributed by atoms with van der Waals surface area (Å²) in [5.41, 5.74) is 1.68. The van der Waals surface area contributed by atoms with E-state index in [9.17, 15) is 9.59 Å². The monoisotopic (exact) mass is 461 g/mol. The van der Waals surface area contributed by atoms with E-state index in [4.69, 9.17) is 32.7 Å². The predicted molar refractivity (Wildman–Crippen MR) is 120 cm³/mol. The van der Waals surface area contributed by atoms with E-state index in [0.29, 0.717) is 21.4 Å². The zero-order valence-electron chi connectivity index (χ0n) is 17.6. The van der Waals surface area contributed by atoms with Crippen LogP contribution in [0.5, 0.6) is 5.75 Å². The van der Waals surface area contributed by atoms with Crippen molar-refractivity contribution in [3.8, 4) is 5.75 Å². The lowest BCUT2D eigenvalue weighted by Crippen LogP contribution is -2.56. The highest BCUT2D eigenvalue weighted by Crippen LogP contribution is 2.39. The maximum atomic E-state index is 13.4. The van der Waals surface area contributed by atoms with Crippen molar-refractivity contribution >= 4 is 35.1 Å². The van der Waals surface area contributed by atoms with Gasteiger partial charge in [0.05, 0.1) is 28.3 Å². The van der Waals surface area contributed by atoms with Crippen molar-refractivity contribution in [1.82, 2.24) is 5.32 Å². The fraction of sp³-hybridized carbons (Fsp3) is 0.417. The van der Waals surface area contributed by atoms with E-state index in [2.05, 4.69) is 5.32 Å². The second-order valence-corrected chi connectivity index (χ2v) is 9.02. The van der Waals surface area contributed by atoms with Crippen LogP contribution in [-0.4, -0.2) is 30.1 Å². The Kier molecular flexibility index (Phi) is 6.18. The number of hydrogen-bond donors (Lipinski definition) is 1. The summed E-state index contributed by atoms with van der Waals surface area (Å²) in [5, 5.41) is 3.79. The number of carbonyl (C=O) groups excluding carboxylic acids is 2. The molecule has 1 fully saturated rings. The third-order valence-corrected chi connectivity index (χ3v) is 6.92. The van der Waals surface area contributed by atoms with Crippen LogP contribution in [0.4, 0.5) is 0 Å². The van der Waals surface area contributed by atoms with Crippen molar-refractivity contribution in [2.24, 2.45) is 0 Å². The van der Waals surface area contributed by atoms with E-state index in [1.54, 1.807) is 19.1 Å². The maximum absolute atomic E-state index is 13.4. The fourth-order valence-electron chi connectivity index (χ4n) is 4.16. The smallest absolute Gasteiger partial charge is 0.332 e. The van der Waals surface area contributed by atoms with Gasteiger partial charge in [0.2, 0.25) is 0 Å². The molecule has 0 heterocycles. The molecule has 0 bridgehead atoms.